The van der Waals surface area contributed by atoms with E-state index in [0.717, 1.165) is 6.42 Å². The lowest BCUT2D eigenvalue weighted by atomic mass is 10.2. The van der Waals surface area contributed by atoms with Crippen LogP contribution in [0, 0.1) is 0 Å². The standard InChI is InChI=1S/C12H20N2O4/c1-2-18-11(16)6-5-9(15)8-14-7-3-4-10(14)12(13)17/h10H,2-8H2,1H3,(H2,13,17). The van der Waals surface area contributed by atoms with E-state index < -0.39 is 0 Å². The van der Waals surface area contributed by atoms with E-state index in [1.54, 1.807) is 11.8 Å². The molecule has 1 heterocycles. The molecular weight excluding hydrogens is 236 g/mol. The van der Waals surface area contributed by atoms with E-state index in [1.165, 1.54) is 0 Å². The summed E-state index contributed by atoms with van der Waals surface area (Å²) in [4.78, 5) is 35.7. The number of amides is 1. The molecule has 0 aliphatic carbocycles. The normalized spacial score (nSPS) is 19.7. The van der Waals surface area contributed by atoms with Crippen LogP contribution in [0.3, 0.4) is 0 Å². The van der Waals surface area contributed by atoms with Crippen LogP contribution < -0.4 is 5.73 Å². The Labute approximate surface area is 106 Å². The Hall–Kier alpha value is -1.43. The maximum atomic E-state index is 11.7. The smallest absolute Gasteiger partial charge is 0.306 e. The highest BCUT2D eigenvalue weighted by Crippen LogP contribution is 2.16. The first-order valence-corrected chi connectivity index (χ1v) is 6.25. The molecule has 2 N–H and O–H groups in total. The van der Waals surface area contributed by atoms with E-state index in [9.17, 15) is 14.4 Å². The van der Waals surface area contributed by atoms with Crippen molar-refractivity contribution in [1.82, 2.24) is 4.90 Å². The highest BCUT2D eigenvalue weighted by molar-refractivity contribution is 5.86. The molecule has 1 atom stereocenters. The Bertz CT molecular complexity index is 330. The summed E-state index contributed by atoms with van der Waals surface area (Å²) < 4.78 is 4.74. The maximum Gasteiger partial charge on any atom is 0.306 e. The second kappa shape index (κ2) is 7.10. The minimum atomic E-state index is -0.384. The number of carbonyl (C=O) groups is 3. The molecular formula is C12H20N2O4. The van der Waals surface area contributed by atoms with Crippen LogP contribution in [0.1, 0.15) is 32.6 Å². The molecule has 0 radical (unpaired) electrons. The number of esters is 1. The first kappa shape index (κ1) is 14.6. The lowest BCUT2D eigenvalue weighted by Gasteiger charge is -2.20. The van der Waals surface area contributed by atoms with Gasteiger partial charge in [-0.25, -0.2) is 0 Å². The molecule has 0 saturated carbocycles. The van der Waals surface area contributed by atoms with Gasteiger partial charge in [-0.2, -0.15) is 0 Å². The van der Waals surface area contributed by atoms with Crippen LogP contribution in [-0.2, 0) is 19.1 Å². The van der Waals surface area contributed by atoms with Gasteiger partial charge in [0.15, 0.2) is 0 Å². The third-order valence-electron chi connectivity index (χ3n) is 2.98. The molecule has 1 fully saturated rings. The molecule has 1 rings (SSSR count). The minimum absolute atomic E-state index is 0.0591. The SMILES string of the molecule is CCOC(=O)CCC(=O)CN1CCCC1C(N)=O. The lowest BCUT2D eigenvalue weighted by Crippen LogP contribution is -2.42. The van der Waals surface area contributed by atoms with Crippen molar-refractivity contribution >= 4 is 17.7 Å². The summed E-state index contributed by atoms with van der Waals surface area (Å²) in [5.41, 5.74) is 5.26. The number of carbonyl (C=O) groups excluding carboxylic acids is 3. The molecule has 1 aliphatic heterocycles. The second-order valence-electron chi connectivity index (χ2n) is 4.37. The van der Waals surface area contributed by atoms with Gasteiger partial charge in [-0.05, 0) is 26.3 Å². The van der Waals surface area contributed by atoms with Gasteiger partial charge in [-0.15, -0.1) is 0 Å². The monoisotopic (exact) mass is 256 g/mol. The van der Waals surface area contributed by atoms with Gasteiger partial charge >= 0.3 is 5.97 Å². The summed E-state index contributed by atoms with van der Waals surface area (Å²) in [5, 5.41) is 0. The molecule has 1 saturated heterocycles. The van der Waals surface area contributed by atoms with E-state index in [-0.39, 0.29) is 43.1 Å². The first-order chi connectivity index (χ1) is 8.54. The molecule has 1 amide bonds. The van der Waals surface area contributed by atoms with Crippen LogP contribution in [0.4, 0.5) is 0 Å². The predicted octanol–water partition coefficient (Wildman–Crippen LogP) is -0.151. The van der Waals surface area contributed by atoms with Gasteiger partial charge in [0, 0.05) is 6.42 Å². The number of ketones is 1. The van der Waals surface area contributed by atoms with Gasteiger partial charge in [-0.3, -0.25) is 19.3 Å². The van der Waals surface area contributed by atoms with Gasteiger partial charge in [0.05, 0.1) is 25.6 Å². The van der Waals surface area contributed by atoms with Crippen molar-refractivity contribution in [2.75, 3.05) is 19.7 Å². The zero-order chi connectivity index (χ0) is 13.5. The molecule has 6 heteroatoms. The van der Waals surface area contributed by atoms with Crippen molar-refractivity contribution in [3.8, 4) is 0 Å². The summed E-state index contributed by atoms with van der Waals surface area (Å²) in [5.74, 6) is -0.805. The van der Waals surface area contributed by atoms with Crippen molar-refractivity contribution in [1.29, 1.82) is 0 Å². The fraction of sp³-hybridized carbons (Fsp3) is 0.750. The number of hydrogen-bond acceptors (Lipinski definition) is 5. The molecule has 0 spiro atoms. The number of Topliss-reactive ketones (excluding diaryl/α,β-unsaturated/α-hetero) is 1. The van der Waals surface area contributed by atoms with Gasteiger partial charge in [0.1, 0.15) is 5.78 Å². The van der Waals surface area contributed by atoms with Crippen molar-refractivity contribution in [3.63, 3.8) is 0 Å². The van der Waals surface area contributed by atoms with Gasteiger partial charge < -0.3 is 10.5 Å². The first-order valence-electron chi connectivity index (χ1n) is 6.25. The topological polar surface area (TPSA) is 89.7 Å². The molecule has 1 unspecified atom stereocenters. The highest BCUT2D eigenvalue weighted by atomic mass is 16.5. The summed E-state index contributed by atoms with van der Waals surface area (Å²) in [6, 6.07) is -0.337. The Kier molecular flexibility index (Phi) is 5.77. The molecule has 0 aromatic heterocycles. The summed E-state index contributed by atoms with van der Waals surface area (Å²) in [6.45, 7) is 2.94. The number of primary amides is 1. The van der Waals surface area contributed by atoms with E-state index >= 15 is 0 Å². The number of likely N-dealkylation sites (tertiary alicyclic amines) is 1. The summed E-state index contributed by atoms with van der Waals surface area (Å²) in [7, 11) is 0. The molecule has 1 aliphatic rings. The average Bonchev–Trinajstić information content (AvgIpc) is 2.75. The Morgan fingerprint density at radius 1 is 1.33 bits per heavy atom. The Balaban J connectivity index is 2.31. The number of rotatable bonds is 7. The molecule has 0 aromatic carbocycles. The van der Waals surface area contributed by atoms with Crippen LogP contribution in [-0.4, -0.2) is 48.3 Å². The molecule has 18 heavy (non-hydrogen) atoms. The fourth-order valence-corrected chi connectivity index (χ4v) is 2.12. The Morgan fingerprint density at radius 2 is 2.06 bits per heavy atom. The molecule has 102 valence electrons. The molecule has 6 nitrogen and oxygen atoms in total. The van der Waals surface area contributed by atoms with E-state index in [4.69, 9.17) is 10.5 Å². The Morgan fingerprint density at radius 3 is 2.67 bits per heavy atom. The molecule has 0 aromatic rings. The number of nitrogens with two attached hydrogens (primary N) is 1. The van der Waals surface area contributed by atoms with Crippen LogP contribution in [0.15, 0.2) is 0 Å². The lowest BCUT2D eigenvalue weighted by molar-refractivity contribution is -0.144. The quantitative estimate of drug-likeness (QED) is 0.640. The van der Waals surface area contributed by atoms with E-state index in [0.29, 0.717) is 19.6 Å². The minimum Gasteiger partial charge on any atom is -0.466 e. The van der Waals surface area contributed by atoms with E-state index in [1.807, 2.05) is 0 Å². The second-order valence-corrected chi connectivity index (χ2v) is 4.37. The van der Waals surface area contributed by atoms with E-state index in [2.05, 4.69) is 0 Å². The van der Waals surface area contributed by atoms with Gasteiger partial charge in [0.25, 0.3) is 0 Å². The van der Waals surface area contributed by atoms with Crippen LogP contribution in [0.2, 0.25) is 0 Å². The van der Waals surface area contributed by atoms with Crippen molar-refractivity contribution in [3.05, 3.63) is 0 Å². The fourth-order valence-electron chi connectivity index (χ4n) is 2.12. The number of ether oxygens (including phenoxy) is 1. The zero-order valence-corrected chi connectivity index (χ0v) is 10.7. The van der Waals surface area contributed by atoms with Crippen LogP contribution in [0.25, 0.3) is 0 Å². The van der Waals surface area contributed by atoms with Gasteiger partial charge in [0.2, 0.25) is 5.91 Å². The summed E-state index contributed by atoms with van der Waals surface area (Å²) >= 11 is 0. The summed E-state index contributed by atoms with van der Waals surface area (Å²) in [6.07, 6.45) is 1.84. The van der Waals surface area contributed by atoms with Crippen LogP contribution >= 0.6 is 0 Å². The third-order valence-corrected chi connectivity index (χ3v) is 2.98. The van der Waals surface area contributed by atoms with Gasteiger partial charge in [-0.1, -0.05) is 0 Å². The predicted molar refractivity (Wildman–Crippen MR) is 64.7 cm³/mol. The number of nitrogens with zero attached hydrogens (tertiary/aromatic N) is 1. The third kappa shape index (κ3) is 4.44. The zero-order valence-electron chi connectivity index (χ0n) is 10.7. The maximum absolute atomic E-state index is 11.7. The van der Waals surface area contributed by atoms with Crippen molar-refractivity contribution in [2.24, 2.45) is 5.73 Å². The average molecular weight is 256 g/mol. The van der Waals surface area contributed by atoms with Crippen LogP contribution in [0.5, 0.6) is 0 Å². The van der Waals surface area contributed by atoms with Crippen molar-refractivity contribution < 1.29 is 19.1 Å². The highest BCUT2D eigenvalue weighted by Gasteiger charge is 2.30. The largest absolute Gasteiger partial charge is 0.466 e. The number of hydrogen-bond donors (Lipinski definition) is 1. The van der Waals surface area contributed by atoms with Crippen molar-refractivity contribution in [2.45, 2.75) is 38.6 Å². The molecule has 0 bridgehead atoms.